The molecule has 84 valence electrons. The van der Waals surface area contributed by atoms with Crippen molar-refractivity contribution in [1.29, 1.82) is 0 Å². The quantitative estimate of drug-likeness (QED) is 0.875. The maximum Gasteiger partial charge on any atom is 0.0315 e. The van der Waals surface area contributed by atoms with E-state index < -0.39 is 0 Å². The molecule has 0 aliphatic rings. The number of hydrogen-bond acceptors (Lipinski definition) is 3. The number of rotatable bonds is 4. The summed E-state index contributed by atoms with van der Waals surface area (Å²) in [6, 6.07) is 6.59. The molecule has 0 unspecified atom stereocenters. The summed E-state index contributed by atoms with van der Waals surface area (Å²) in [4.78, 5) is 5.54. The Labute approximate surface area is 100 Å². The lowest BCUT2D eigenvalue weighted by atomic mass is 10.1. The molecule has 2 aromatic heterocycles. The minimum absolute atomic E-state index is 0.343. The fourth-order valence-electron chi connectivity index (χ4n) is 1.58. The molecule has 1 atom stereocenters. The summed E-state index contributed by atoms with van der Waals surface area (Å²) >= 11 is 1.81. The van der Waals surface area contributed by atoms with E-state index in [0.29, 0.717) is 6.04 Å². The van der Waals surface area contributed by atoms with Gasteiger partial charge in [0.15, 0.2) is 0 Å². The van der Waals surface area contributed by atoms with Gasteiger partial charge < -0.3 is 5.32 Å². The highest BCUT2D eigenvalue weighted by atomic mass is 32.1. The SMILES string of the molecule is Cc1ccsc1CN[C@@H](C)c1cccnc1. The van der Waals surface area contributed by atoms with Crippen molar-refractivity contribution in [2.45, 2.75) is 26.4 Å². The Bertz CT molecular complexity index is 436. The van der Waals surface area contributed by atoms with Crippen LogP contribution in [0.3, 0.4) is 0 Å². The third-order valence-electron chi connectivity index (χ3n) is 2.72. The second kappa shape index (κ2) is 5.23. The standard InChI is InChI=1S/C13H16N2S/c1-10-5-7-16-13(10)9-15-11(2)12-4-3-6-14-8-12/h3-8,11,15H,9H2,1-2H3/t11-/m0/s1. The molecule has 0 aliphatic heterocycles. The number of hydrogen-bond donors (Lipinski definition) is 1. The molecule has 0 spiro atoms. The molecule has 0 aromatic carbocycles. The summed E-state index contributed by atoms with van der Waals surface area (Å²) < 4.78 is 0. The average molecular weight is 232 g/mol. The topological polar surface area (TPSA) is 24.9 Å². The molecule has 2 rings (SSSR count). The summed E-state index contributed by atoms with van der Waals surface area (Å²) in [5.74, 6) is 0. The van der Waals surface area contributed by atoms with Gasteiger partial charge in [-0.05, 0) is 42.5 Å². The Morgan fingerprint density at radius 1 is 1.44 bits per heavy atom. The summed E-state index contributed by atoms with van der Waals surface area (Å²) in [6.45, 7) is 5.25. The monoisotopic (exact) mass is 232 g/mol. The van der Waals surface area contributed by atoms with Crippen molar-refractivity contribution >= 4 is 11.3 Å². The molecule has 0 amide bonds. The van der Waals surface area contributed by atoms with E-state index in [4.69, 9.17) is 0 Å². The van der Waals surface area contributed by atoms with Crippen LogP contribution in [0.25, 0.3) is 0 Å². The van der Waals surface area contributed by atoms with Gasteiger partial charge in [-0.1, -0.05) is 6.07 Å². The minimum atomic E-state index is 0.343. The third-order valence-corrected chi connectivity index (χ3v) is 3.74. The summed E-state index contributed by atoms with van der Waals surface area (Å²) in [5.41, 5.74) is 2.60. The molecule has 0 saturated carbocycles. The fraction of sp³-hybridized carbons (Fsp3) is 0.308. The van der Waals surface area contributed by atoms with Crippen molar-refractivity contribution in [2.75, 3.05) is 0 Å². The lowest BCUT2D eigenvalue weighted by molar-refractivity contribution is 0.576. The highest BCUT2D eigenvalue weighted by Crippen LogP contribution is 2.17. The van der Waals surface area contributed by atoms with E-state index in [1.165, 1.54) is 16.0 Å². The normalized spacial score (nSPS) is 12.6. The van der Waals surface area contributed by atoms with Crippen LogP contribution in [-0.4, -0.2) is 4.98 Å². The van der Waals surface area contributed by atoms with Crippen molar-refractivity contribution in [3.05, 3.63) is 52.0 Å². The Morgan fingerprint density at radius 2 is 2.31 bits per heavy atom. The lowest BCUT2D eigenvalue weighted by Gasteiger charge is -2.13. The van der Waals surface area contributed by atoms with Crippen molar-refractivity contribution in [3.63, 3.8) is 0 Å². The predicted octanol–water partition coefficient (Wildman–Crippen LogP) is 3.30. The smallest absolute Gasteiger partial charge is 0.0315 e. The lowest BCUT2D eigenvalue weighted by Crippen LogP contribution is -2.17. The van der Waals surface area contributed by atoms with E-state index in [0.717, 1.165) is 6.54 Å². The van der Waals surface area contributed by atoms with Crippen molar-refractivity contribution < 1.29 is 0 Å². The van der Waals surface area contributed by atoms with Gasteiger partial charge in [0.25, 0.3) is 0 Å². The maximum atomic E-state index is 4.13. The van der Waals surface area contributed by atoms with Gasteiger partial charge in [-0.3, -0.25) is 4.98 Å². The highest BCUT2D eigenvalue weighted by Gasteiger charge is 2.05. The van der Waals surface area contributed by atoms with Gasteiger partial charge in [-0.15, -0.1) is 11.3 Å². The van der Waals surface area contributed by atoms with Gasteiger partial charge in [0.2, 0.25) is 0 Å². The first-order valence-corrected chi connectivity index (χ1v) is 6.31. The zero-order valence-corrected chi connectivity index (χ0v) is 10.4. The van der Waals surface area contributed by atoms with Crippen molar-refractivity contribution in [3.8, 4) is 0 Å². The van der Waals surface area contributed by atoms with Gasteiger partial charge in [0.05, 0.1) is 0 Å². The van der Waals surface area contributed by atoms with E-state index >= 15 is 0 Å². The van der Waals surface area contributed by atoms with Crippen LogP contribution in [0.4, 0.5) is 0 Å². The number of thiophene rings is 1. The minimum Gasteiger partial charge on any atom is -0.305 e. The zero-order chi connectivity index (χ0) is 11.4. The average Bonchev–Trinajstić information content (AvgIpc) is 2.73. The van der Waals surface area contributed by atoms with E-state index in [-0.39, 0.29) is 0 Å². The van der Waals surface area contributed by atoms with E-state index in [9.17, 15) is 0 Å². The van der Waals surface area contributed by atoms with Crippen LogP contribution in [0.2, 0.25) is 0 Å². The van der Waals surface area contributed by atoms with Gasteiger partial charge in [0, 0.05) is 29.9 Å². The number of pyridine rings is 1. The molecule has 0 aliphatic carbocycles. The first-order chi connectivity index (χ1) is 7.77. The van der Waals surface area contributed by atoms with Crippen LogP contribution in [0.15, 0.2) is 36.0 Å². The molecular formula is C13H16N2S. The molecule has 0 saturated heterocycles. The Balaban J connectivity index is 1.94. The van der Waals surface area contributed by atoms with Gasteiger partial charge >= 0.3 is 0 Å². The largest absolute Gasteiger partial charge is 0.305 e. The molecule has 1 N–H and O–H groups in total. The van der Waals surface area contributed by atoms with Gasteiger partial charge in [-0.2, -0.15) is 0 Å². The predicted molar refractivity (Wildman–Crippen MR) is 68.5 cm³/mol. The van der Waals surface area contributed by atoms with E-state index in [2.05, 4.69) is 41.7 Å². The van der Waals surface area contributed by atoms with E-state index in [1.807, 2.05) is 23.6 Å². The molecule has 16 heavy (non-hydrogen) atoms. The Hall–Kier alpha value is -1.19. The van der Waals surface area contributed by atoms with E-state index in [1.54, 1.807) is 6.20 Å². The number of nitrogens with zero attached hydrogens (tertiary/aromatic N) is 1. The molecular weight excluding hydrogens is 216 g/mol. The number of aryl methyl sites for hydroxylation is 1. The summed E-state index contributed by atoms with van der Waals surface area (Å²) in [7, 11) is 0. The molecule has 0 fully saturated rings. The molecule has 0 bridgehead atoms. The molecule has 2 aromatic rings. The Morgan fingerprint density at radius 3 is 2.94 bits per heavy atom. The van der Waals surface area contributed by atoms with Gasteiger partial charge in [0.1, 0.15) is 0 Å². The number of nitrogens with one attached hydrogen (secondary N) is 1. The molecule has 0 radical (unpaired) electrons. The van der Waals surface area contributed by atoms with Crippen LogP contribution in [0.5, 0.6) is 0 Å². The second-order valence-electron chi connectivity index (χ2n) is 3.92. The van der Waals surface area contributed by atoms with Gasteiger partial charge in [-0.25, -0.2) is 0 Å². The highest BCUT2D eigenvalue weighted by molar-refractivity contribution is 7.10. The van der Waals surface area contributed by atoms with Crippen LogP contribution >= 0.6 is 11.3 Å². The van der Waals surface area contributed by atoms with Crippen LogP contribution < -0.4 is 5.32 Å². The zero-order valence-electron chi connectivity index (χ0n) is 9.60. The molecule has 3 heteroatoms. The molecule has 2 heterocycles. The van der Waals surface area contributed by atoms with Crippen molar-refractivity contribution in [2.24, 2.45) is 0 Å². The summed E-state index contributed by atoms with van der Waals surface area (Å²) in [6.07, 6.45) is 3.72. The second-order valence-corrected chi connectivity index (χ2v) is 4.92. The van der Waals surface area contributed by atoms with Crippen LogP contribution in [0, 0.1) is 6.92 Å². The molecule has 2 nitrogen and oxygen atoms in total. The first kappa shape index (κ1) is 11.3. The maximum absolute atomic E-state index is 4.13. The Kier molecular flexibility index (Phi) is 3.70. The third kappa shape index (κ3) is 2.68. The van der Waals surface area contributed by atoms with Crippen LogP contribution in [-0.2, 0) is 6.54 Å². The first-order valence-electron chi connectivity index (χ1n) is 5.43. The number of aromatic nitrogens is 1. The summed E-state index contributed by atoms with van der Waals surface area (Å²) in [5, 5.41) is 5.65. The fourth-order valence-corrected chi connectivity index (χ4v) is 2.44. The van der Waals surface area contributed by atoms with Crippen LogP contribution in [0.1, 0.15) is 29.0 Å². The van der Waals surface area contributed by atoms with Crippen molar-refractivity contribution in [1.82, 2.24) is 10.3 Å².